The minimum Gasteiger partial charge on any atom is -0.497 e. The smallest absolute Gasteiger partial charge is 0.230 e. The van der Waals surface area contributed by atoms with Crippen molar-refractivity contribution in [3.05, 3.63) is 36.0 Å². The van der Waals surface area contributed by atoms with Crippen LogP contribution in [0.25, 0.3) is 0 Å². The second kappa shape index (κ2) is 7.16. The number of hydrogen-bond donors (Lipinski definition) is 2. The van der Waals surface area contributed by atoms with Gasteiger partial charge in [0, 0.05) is 6.54 Å². The highest BCUT2D eigenvalue weighted by Crippen LogP contribution is 2.25. The third-order valence-electron chi connectivity index (χ3n) is 2.47. The molecule has 0 unspecified atom stereocenters. The van der Waals surface area contributed by atoms with Gasteiger partial charge in [-0.3, -0.25) is 4.79 Å². The van der Waals surface area contributed by atoms with E-state index in [1.165, 1.54) is 23.1 Å². The van der Waals surface area contributed by atoms with Crippen LogP contribution in [0.1, 0.15) is 5.56 Å². The van der Waals surface area contributed by atoms with E-state index in [1.807, 2.05) is 24.3 Å². The maximum absolute atomic E-state index is 11.7. The first kappa shape index (κ1) is 14.7. The topological polar surface area (TPSA) is 77.2 Å². The molecule has 3 N–H and O–H groups in total. The van der Waals surface area contributed by atoms with Crippen molar-refractivity contribution >= 4 is 34.1 Å². The lowest BCUT2D eigenvalue weighted by molar-refractivity contribution is -0.118. The van der Waals surface area contributed by atoms with Gasteiger partial charge in [-0.1, -0.05) is 23.5 Å². The van der Waals surface area contributed by atoms with Crippen LogP contribution >= 0.6 is 23.1 Å². The van der Waals surface area contributed by atoms with Crippen molar-refractivity contribution in [2.75, 3.05) is 18.6 Å². The van der Waals surface area contributed by atoms with Gasteiger partial charge in [0.1, 0.15) is 5.75 Å². The molecule has 0 aliphatic rings. The number of nitrogens with one attached hydrogen (secondary N) is 1. The Balaban J connectivity index is 1.77. The molecule has 0 fully saturated rings. The molecule has 0 atom stereocenters. The van der Waals surface area contributed by atoms with E-state index in [0.717, 1.165) is 15.5 Å². The summed E-state index contributed by atoms with van der Waals surface area (Å²) in [6.07, 6.45) is 1.68. The van der Waals surface area contributed by atoms with Crippen LogP contribution < -0.4 is 15.8 Å². The van der Waals surface area contributed by atoms with Crippen molar-refractivity contribution in [3.8, 4) is 5.75 Å². The number of nitrogens with two attached hydrogens (primary N) is 1. The highest BCUT2D eigenvalue weighted by Gasteiger charge is 2.05. The molecule has 2 aromatic rings. The minimum absolute atomic E-state index is 0.0233. The van der Waals surface area contributed by atoms with Crippen molar-refractivity contribution in [2.45, 2.75) is 10.8 Å². The number of nitrogen functional groups attached to an aromatic ring is 1. The van der Waals surface area contributed by atoms with Crippen LogP contribution in [-0.4, -0.2) is 23.8 Å². The second-order valence-corrected chi connectivity index (χ2v) is 6.27. The van der Waals surface area contributed by atoms with Crippen LogP contribution in [0.5, 0.6) is 5.75 Å². The summed E-state index contributed by atoms with van der Waals surface area (Å²) in [5.74, 6) is 1.11. The number of carbonyl (C=O) groups excluding carboxylic acids is 1. The Labute approximate surface area is 125 Å². The lowest BCUT2D eigenvalue weighted by Crippen LogP contribution is -2.24. The van der Waals surface area contributed by atoms with Gasteiger partial charge in [-0.2, -0.15) is 0 Å². The monoisotopic (exact) mass is 309 g/mol. The Hall–Kier alpha value is -1.73. The summed E-state index contributed by atoms with van der Waals surface area (Å²) >= 11 is 2.81. The van der Waals surface area contributed by atoms with Crippen molar-refractivity contribution in [2.24, 2.45) is 0 Å². The van der Waals surface area contributed by atoms with E-state index in [4.69, 9.17) is 10.5 Å². The molecule has 0 radical (unpaired) electrons. The first-order chi connectivity index (χ1) is 9.67. The molecule has 1 heterocycles. The fourth-order valence-electron chi connectivity index (χ4n) is 1.51. The van der Waals surface area contributed by atoms with E-state index in [1.54, 1.807) is 13.3 Å². The Morgan fingerprint density at radius 3 is 3.10 bits per heavy atom. The highest BCUT2D eigenvalue weighted by atomic mass is 32.2. The predicted octanol–water partition coefficient (Wildman–Crippen LogP) is 2.14. The van der Waals surface area contributed by atoms with Crippen molar-refractivity contribution < 1.29 is 9.53 Å². The van der Waals surface area contributed by atoms with Gasteiger partial charge in [0.2, 0.25) is 5.91 Å². The van der Waals surface area contributed by atoms with Crippen LogP contribution in [0.2, 0.25) is 0 Å². The average Bonchev–Trinajstić information content (AvgIpc) is 2.89. The van der Waals surface area contributed by atoms with Gasteiger partial charge in [-0.05, 0) is 17.7 Å². The molecule has 1 amide bonds. The summed E-state index contributed by atoms with van der Waals surface area (Å²) in [5.41, 5.74) is 6.53. The summed E-state index contributed by atoms with van der Waals surface area (Å²) in [4.78, 5) is 15.7. The number of anilines is 1. The summed E-state index contributed by atoms with van der Waals surface area (Å²) in [6, 6.07) is 7.61. The van der Waals surface area contributed by atoms with Crippen molar-refractivity contribution in [1.29, 1.82) is 0 Å². The van der Waals surface area contributed by atoms with E-state index in [-0.39, 0.29) is 5.91 Å². The first-order valence-corrected chi connectivity index (χ1v) is 7.71. The van der Waals surface area contributed by atoms with Crippen molar-refractivity contribution in [1.82, 2.24) is 10.3 Å². The van der Waals surface area contributed by atoms with Crippen molar-refractivity contribution in [3.63, 3.8) is 0 Å². The summed E-state index contributed by atoms with van der Waals surface area (Å²) in [7, 11) is 1.62. The number of nitrogens with zero attached hydrogens (tertiary/aromatic N) is 1. The molecule has 20 heavy (non-hydrogen) atoms. The van der Waals surface area contributed by atoms with Crippen LogP contribution in [0.15, 0.2) is 34.7 Å². The van der Waals surface area contributed by atoms with Gasteiger partial charge in [0.05, 0.1) is 23.3 Å². The number of amides is 1. The number of thiazole rings is 1. The summed E-state index contributed by atoms with van der Waals surface area (Å²) < 4.78 is 6.08. The standard InChI is InChI=1S/C13H15N3O2S2/c1-18-10-4-2-3-9(5-10)6-15-11(17)8-19-12-7-16-13(14)20-12/h2-5,7H,6,8H2,1H3,(H2,14,16)(H,15,17). The molecule has 0 saturated carbocycles. The fraction of sp³-hybridized carbons (Fsp3) is 0.231. The van der Waals surface area contributed by atoms with Crippen LogP contribution in [-0.2, 0) is 11.3 Å². The molecule has 7 heteroatoms. The van der Waals surface area contributed by atoms with Gasteiger partial charge >= 0.3 is 0 Å². The first-order valence-electron chi connectivity index (χ1n) is 5.91. The molecule has 0 bridgehead atoms. The Bertz CT molecular complexity index is 587. The maximum atomic E-state index is 11.7. The Morgan fingerprint density at radius 1 is 1.55 bits per heavy atom. The number of benzene rings is 1. The van der Waals surface area contributed by atoms with Gasteiger partial charge in [-0.25, -0.2) is 4.98 Å². The van der Waals surface area contributed by atoms with E-state index in [0.29, 0.717) is 17.4 Å². The second-order valence-electron chi connectivity index (χ2n) is 3.93. The number of hydrogen-bond acceptors (Lipinski definition) is 6. The average molecular weight is 309 g/mol. The molecule has 0 aliphatic carbocycles. The quantitative estimate of drug-likeness (QED) is 0.800. The van der Waals surface area contributed by atoms with E-state index < -0.39 is 0 Å². The SMILES string of the molecule is COc1cccc(CNC(=O)CSc2cnc(N)s2)c1. The van der Waals surface area contributed by atoms with Gasteiger partial charge < -0.3 is 15.8 Å². The highest BCUT2D eigenvalue weighted by molar-refractivity contribution is 8.01. The minimum atomic E-state index is -0.0233. The zero-order valence-electron chi connectivity index (χ0n) is 11.0. The van der Waals surface area contributed by atoms with E-state index in [9.17, 15) is 4.79 Å². The third-order valence-corrected chi connectivity index (χ3v) is 4.49. The number of rotatable bonds is 6. The summed E-state index contributed by atoms with van der Waals surface area (Å²) in [6.45, 7) is 0.488. The fourth-order valence-corrected chi connectivity index (χ4v) is 3.10. The predicted molar refractivity (Wildman–Crippen MR) is 82.1 cm³/mol. The van der Waals surface area contributed by atoms with Gasteiger partial charge in [-0.15, -0.1) is 11.8 Å². The molecule has 106 valence electrons. The molecule has 0 spiro atoms. The van der Waals surface area contributed by atoms with Crippen LogP contribution in [0.4, 0.5) is 5.13 Å². The van der Waals surface area contributed by atoms with E-state index >= 15 is 0 Å². The van der Waals surface area contributed by atoms with E-state index in [2.05, 4.69) is 10.3 Å². The third kappa shape index (κ3) is 4.43. The molecular formula is C13H15N3O2S2. The van der Waals surface area contributed by atoms with Crippen LogP contribution in [0.3, 0.4) is 0 Å². The number of aromatic nitrogens is 1. The molecule has 2 rings (SSSR count). The Morgan fingerprint density at radius 2 is 2.40 bits per heavy atom. The lowest BCUT2D eigenvalue weighted by atomic mass is 10.2. The zero-order valence-corrected chi connectivity index (χ0v) is 12.6. The molecule has 0 aliphatic heterocycles. The lowest BCUT2D eigenvalue weighted by Gasteiger charge is -2.06. The largest absolute Gasteiger partial charge is 0.497 e. The maximum Gasteiger partial charge on any atom is 0.230 e. The molecule has 1 aromatic heterocycles. The van der Waals surface area contributed by atoms with Crippen LogP contribution in [0, 0.1) is 0 Å². The summed E-state index contributed by atoms with van der Waals surface area (Å²) in [5, 5.41) is 3.38. The molecule has 5 nitrogen and oxygen atoms in total. The molecular weight excluding hydrogens is 294 g/mol. The zero-order chi connectivity index (χ0) is 14.4. The Kier molecular flexibility index (Phi) is 5.25. The number of ether oxygens (including phenoxy) is 1. The molecule has 0 saturated heterocycles. The molecule has 1 aromatic carbocycles. The van der Waals surface area contributed by atoms with Gasteiger partial charge in [0.15, 0.2) is 5.13 Å². The number of carbonyl (C=O) groups is 1. The number of thioether (sulfide) groups is 1. The van der Waals surface area contributed by atoms with Gasteiger partial charge in [0.25, 0.3) is 0 Å². The normalized spacial score (nSPS) is 10.2. The number of methoxy groups -OCH3 is 1.